The van der Waals surface area contributed by atoms with Gasteiger partial charge in [-0.2, -0.15) is 0 Å². The fraction of sp³-hybridized carbons (Fsp3) is 0.500. The quantitative estimate of drug-likeness (QED) is 0.323. The average Bonchev–Trinajstić information content (AvgIpc) is 2.40. The SMILES string of the molecule is CCCCNC(N)=NCc1ccc(OCC)c(F)c1.I. The summed E-state index contributed by atoms with van der Waals surface area (Å²) in [6, 6.07) is 4.83. The van der Waals surface area contributed by atoms with Crippen LogP contribution in [0.1, 0.15) is 32.3 Å². The van der Waals surface area contributed by atoms with E-state index in [-0.39, 0.29) is 35.5 Å². The van der Waals surface area contributed by atoms with E-state index in [4.69, 9.17) is 10.5 Å². The molecular weight excluding hydrogens is 372 g/mol. The first-order valence-corrected chi connectivity index (χ1v) is 6.62. The van der Waals surface area contributed by atoms with Gasteiger partial charge in [0.2, 0.25) is 0 Å². The maximum absolute atomic E-state index is 13.6. The van der Waals surface area contributed by atoms with Gasteiger partial charge in [0.05, 0.1) is 13.2 Å². The highest BCUT2D eigenvalue weighted by molar-refractivity contribution is 14.0. The summed E-state index contributed by atoms with van der Waals surface area (Å²) in [5.74, 6) is 0.291. The number of nitrogens with one attached hydrogen (secondary N) is 1. The third kappa shape index (κ3) is 6.93. The number of nitrogens with two attached hydrogens (primary N) is 1. The van der Waals surface area contributed by atoms with Crippen LogP contribution >= 0.6 is 24.0 Å². The summed E-state index contributed by atoms with van der Waals surface area (Å²) >= 11 is 0. The van der Waals surface area contributed by atoms with E-state index in [0.29, 0.717) is 19.1 Å². The smallest absolute Gasteiger partial charge is 0.188 e. The predicted molar refractivity (Wildman–Crippen MR) is 91.2 cm³/mol. The largest absolute Gasteiger partial charge is 0.491 e. The van der Waals surface area contributed by atoms with Crippen molar-refractivity contribution in [2.24, 2.45) is 10.7 Å². The monoisotopic (exact) mass is 395 g/mol. The van der Waals surface area contributed by atoms with Gasteiger partial charge in [-0.25, -0.2) is 9.38 Å². The molecule has 3 N–H and O–H groups in total. The molecule has 6 heteroatoms. The van der Waals surface area contributed by atoms with Crippen molar-refractivity contribution in [2.75, 3.05) is 13.2 Å². The number of ether oxygens (including phenoxy) is 1. The zero-order valence-electron chi connectivity index (χ0n) is 12.0. The topological polar surface area (TPSA) is 59.6 Å². The summed E-state index contributed by atoms with van der Waals surface area (Å²) in [7, 11) is 0. The number of benzene rings is 1. The van der Waals surface area contributed by atoms with Crippen molar-refractivity contribution >= 4 is 29.9 Å². The second-order valence-electron chi connectivity index (χ2n) is 4.18. The van der Waals surface area contributed by atoms with Crippen LogP contribution in [-0.2, 0) is 6.54 Å². The van der Waals surface area contributed by atoms with Gasteiger partial charge in [0, 0.05) is 6.54 Å². The van der Waals surface area contributed by atoms with E-state index in [9.17, 15) is 4.39 Å². The van der Waals surface area contributed by atoms with Gasteiger partial charge in [0.25, 0.3) is 0 Å². The molecule has 114 valence electrons. The summed E-state index contributed by atoms with van der Waals surface area (Å²) < 4.78 is 18.7. The molecule has 0 aliphatic rings. The molecule has 1 aromatic carbocycles. The molecule has 0 amide bonds. The molecule has 4 nitrogen and oxygen atoms in total. The fourth-order valence-corrected chi connectivity index (χ4v) is 1.54. The summed E-state index contributed by atoms with van der Waals surface area (Å²) in [6.07, 6.45) is 2.15. The Kier molecular flexibility index (Phi) is 10.1. The van der Waals surface area contributed by atoms with Crippen molar-refractivity contribution in [1.82, 2.24) is 5.32 Å². The summed E-state index contributed by atoms with van der Waals surface area (Å²) in [5.41, 5.74) is 6.46. The second kappa shape index (κ2) is 10.7. The van der Waals surface area contributed by atoms with E-state index in [1.165, 1.54) is 6.07 Å². The van der Waals surface area contributed by atoms with E-state index in [1.54, 1.807) is 12.1 Å². The molecule has 0 aliphatic carbocycles. The van der Waals surface area contributed by atoms with Gasteiger partial charge in [-0.05, 0) is 31.0 Å². The molecule has 0 saturated carbocycles. The van der Waals surface area contributed by atoms with Crippen molar-refractivity contribution in [3.05, 3.63) is 29.6 Å². The molecule has 0 saturated heterocycles. The molecule has 0 unspecified atom stereocenters. The van der Waals surface area contributed by atoms with Crippen molar-refractivity contribution < 1.29 is 9.13 Å². The molecule has 20 heavy (non-hydrogen) atoms. The van der Waals surface area contributed by atoms with Crippen molar-refractivity contribution in [1.29, 1.82) is 0 Å². The number of aliphatic imine (C=N–C) groups is 1. The molecule has 0 radical (unpaired) electrons. The third-order valence-corrected chi connectivity index (χ3v) is 2.56. The van der Waals surface area contributed by atoms with E-state index in [2.05, 4.69) is 17.2 Å². The normalized spacial score (nSPS) is 10.8. The van der Waals surface area contributed by atoms with Crippen LogP contribution in [0.2, 0.25) is 0 Å². The minimum Gasteiger partial charge on any atom is -0.491 e. The zero-order valence-corrected chi connectivity index (χ0v) is 14.3. The van der Waals surface area contributed by atoms with E-state index < -0.39 is 0 Å². The number of nitrogens with zero attached hydrogens (tertiary/aromatic N) is 1. The van der Waals surface area contributed by atoms with Gasteiger partial charge in [0.1, 0.15) is 0 Å². The zero-order chi connectivity index (χ0) is 14.1. The lowest BCUT2D eigenvalue weighted by Gasteiger charge is -2.07. The Balaban J connectivity index is 0.00000361. The first-order valence-electron chi connectivity index (χ1n) is 6.62. The Morgan fingerprint density at radius 1 is 1.40 bits per heavy atom. The lowest BCUT2D eigenvalue weighted by Crippen LogP contribution is -2.32. The predicted octanol–water partition coefficient (Wildman–Crippen LogP) is 3.05. The lowest BCUT2D eigenvalue weighted by atomic mass is 10.2. The number of hydrogen-bond donors (Lipinski definition) is 2. The first kappa shape index (κ1) is 18.9. The summed E-state index contributed by atoms with van der Waals surface area (Å²) in [4.78, 5) is 4.16. The highest BCUT2D eigenvalue weighted by Crippen LogP contribution is 2.18. The van der Waals surface area contributed by atoms with Crippen molar-refractivity contribution in [3.63, 3.8) is 0 Å². The van der Waals surface area contributed by atoms with Crippen LogP contribution < -0.4 is 15.8 Å². The van der Waals surface area contributed by atoms with E-state index >= 15 is 0 Å². The lowest BCUT2D eigenvalue weighted by molar-refractivity contribution is 0.321. The molecule has 0 aromatic heterocycles. The molecule has 0 heterocycles. The highest BCUT2D eigenvalue weighted by atomic mass is 127. The third-order valence-electron chi connectivity index (χ3n) is 2.56. The standard InChI is InChI=1S/C14H22FN3O.HI/c1-3-5-8-17-14(16)18-10-11-6-7-13(19-4-2)12(15)9-11;/h6-7,9H,3-5,8,10H2,1-2H3,(H3,16,17,18);1H. The number of guanidine groups is 1. The van der Waals surface area contributed by atoms with Crippen LogP contribution in [0, 0.1) is 5.82 Å². The fourth-order valence-electron chi connectivity index (χ4n) is 1.54. The van der Waals surface area contributed by atoms with Gasteiger partial charge in [-0.3, -0.25) is 0 Å². The van der Waals surface area contributed by atoms with E-state index in [0.717, 1.165) is 24.9 Å². The first-order chi connectivity index (χ1) is 9.17. The molecule has 1 aromatic rings. The van der Waals surface area contributed by atoms with Crippen LogP contribution in [0.15, 0.2) is 23.2 Å². The summed E-state index contributed by atoms with van der Waals surface area (Å²) in [5, 5.41) is 3.01. The van der Waals surface area contributed by atoms with Crippen LogP contribution in [-0.4, -0.2) is 19.1 Å². The molecular formula is C14H23FIN3O. The Morgan fingerprint density at radius 2 is 2.15 bits per heavy atom. The van der Waals surface area contributed by atoms with Gasteiger partial charge in [-0.1, -0.05) is 19.4 Å². The molecule has 0 spiro atoms. The maximum Gasteiger partial charge on any atom is 0.188 e. The Labute approximate surface area is 137 Å². The van der Waals surface area contributed by atoms with E-state index in [1.807, 2.05) is 6.92 Å². The Morgan fingerprint density at radius 3 is 2.75 bits per heavy atom. The molecule has 0 atom stereocenters. The van der Waals surface area contributed by atoms with Crippen LogP contribution in [0.4, 0.5) is 4.39 Å². The van der Waals surface area contributed by atoms with Crippen LogP contribution in [0.25, 0.3) is 0 Å². The maximum atomic E-state index is 13.6. The highest BCUT2D eigenvalue weighted by Gasteiger charge is 2.03. The second-order valence-corrected chi connectivity index (χ2v) is 4.18. The van der Waals surface area contributed by atoms with Gasteiger partial charge in [0.15, 0.2) is 17.5 Å². The van der Waals surface area contributed by atoms with Crippen molar-refractivity contribution in [3.8, 4) is 5.75 Å². The van der Waals surface area contributed by atoms with Crippen LogP contribution in [0.3, 0.4) is 0 Å². The molecule has 0 aliphatic heterocycles. The van der Waals surface area contributed by atoms with Crippen molar-refractivity contribution in [2.45, 2.75) is 33.2 Å². The summed E-state index contributed by atoms with van der Waals surface area (Å²) in [6.45, 7) is 5.54. The number of halogens is 2. The molecule has 0 bridgehead atoms. The Bertz CT molecular complexity index is 427. The number of unbranched alkanes of at least 4 members (excludes halogenated alkanes) is 1. The Hall–Kier alpha value is -1.05. The minimum atomic E-state index is -0.368. The van der Waals surface area contributed by atoms with Gasteiger partial charge >= 0.3 is 0 Å². The van der Waals surface area contributed by atoms with Gasteiger partial charge in [-0.15, -0.1) is 24.0 Å². The molecule has 1 rings (SSSR count). The number of rotatable bonds is 7. The minimum absolute atomic E-state index is 0. The number of hydrogen-bond acceptors (Lipinski definition) is 2. The average molecular weight is 395 g/mol. The molecule has 0 fully saturated rings. The van der Waals surface area contributed by atoms with Gasteiger partial charge < -0.3 is 15.8 Å². The van der Waals surface area contributed by atoms with Crippen LogP contribution in [0.5, 0.6) is 5.75 Å².